The Hall–Kier alpha value is -1.47. The maximum absolute atomic E-state index is 13.4. The van der Waals surface area contributed by atoms with Gasteiger partial charge in [-0.3, -0.25) is 0 Å². The predicted molar refractivity (Wildman–Crippen MR) is 72.6 cm³/mol. The first-order chi connectivity index (χ1) is 9.44. The Morgan fingerprint density at radius 3 is 2.80 bits per heavy atom. The molecule has 2 rings (SSSR count). The lowest BCUT2D eigenvalue weighted by Gasteiger charge is -2.06. The molecule has 20 heavy (non-hydrogen) atoms. The molecule has 0 saturated heterocycles. The monoisotopic (exact) mass is 317 g/mol. The third-order valence-corrected chi connectivity index (χ3v) is 4.62. The summed E-state index contributed by atoms with van der Waals surface area (Å²) >= 11 is 5.54. The van der Waals surface area contributed by atoms with E-state index in [1.807, 2.05) is 6.92 Å². The number of hydrogen-bond acceptors (Lipinski definition) is 4. The van der Waals surface area contributed by atoms with E-state index in [9.17, 15) is 12.8 Å². The quantitative estimate of drug-likeness (QED) is 0.849. The number of benzene rings is 1. The molecule has 0 saturated carbocycles. The minimum Gasteiger partial charge on any atom is -0.249 e. The van der Waals surface area contributed by atoms with Gasteiger partial charge in [-0.25, -0.2) is 22.5 Å². The van der Waals surface area contributed by atoms with Crippen molar-refractivity contribution < 1.29 is 12.8 Å². The van der Waals surface area contributed by atoms with E-state index in [-0.39, 0.29) is 15.7 Å². The molecule has 0 bridgehead atoms. The number of hydrogen-bond donors (Lipinski definition) is 0. The number of halogens is 2. The Kier molecular flexibility index (Phi) is 4.39. The number of nitrogens with zero attached hydrogens (tertiary/aromatic N) is 3. The molecule has 0 N–H and O–H groups in total. The molecule has 0 aliphatic carbocycles. The van der Waals surface area contributed by atoms with Crippen LogP contribution in [-0.2, 0) is 22.1 Å². The summed E-state index contributed by atoms with van der Waals surface area (Å²) in [5.74, 6) is -0.751. The summed E-state index contributed by atoms with van der Waals surface area (Å²) in [6.45, 7) is 2.54. The summed E-state index contributed by atoms with van der Waals surface area (Å²) < 4.78 is 39.3. The first-order valence-corrected chi connectivity index (χ1v) is 8.01. The van der Waals surface area contributed by atoms with Crippen LogP contribution in [0.4, 0.5) is 4.39 Å². The molecule has 108 valence electrons. The van der Waals surface area contributed by atoms with E-state index in [1.54, 1.807) is 0 Å². The van der Waals surface area contributed by atoms with E-state index in [1.165, 1.54) is 23.1 Å². The van der Waals surface area contributed by atoms with Crippen molar-refractivity contribution in [3.8, 4) is 0 Å². The van der Waals surface area contributed by atoms with E-state index >= 15 is 0 Å². The van der Waals surface area contributed by atoms with Crippen LogP contribution >= 0.6 is 11.6 Å². The van der Waals surface area contributed by atoms with Gasteiger partial charge in [0.1, 0.15) is 23.7 Å². The van der Waals surface area contributed by atoms with Crippen molar-refractivity contribution in [3.05, 3.63) is 41.2 Å². The number of rotatable bonds is 5. The van der Waals surface area contributed by atoms with Crippen LogP contribution in [-0.4, -0.2) is 23.2 Å². The molecule has 5 nitrogen and oxygen atoms in total. The third kappa shape index (κ3) is 3.16. The Morgan fingerprint density at radius 1 is 1.40 bits per heavy atom. The second-order valence-corrected chi connectivity index (χ2v) is 6.63. The maximum atomic E-state index is 13.4. The summed E-state index contributed by atoms with van der Waals surface area (Å²) in [6, 6.07) is 3.42. The van der Waals surface area contributed by atoms with Gasteiger partial charge in [0.05, 0.1) is 9.92 Å². The summed E-state index contributed by atoms with van der Waals surface area (Å²) in [6.07, 6.45) is 2.12. The van der Waals surface area contributed by atoms with E-state index in [4.69, 9.17) is 11.6 Å². The minimum absolute atomic E-state index is 0.113. The Bertz CT molecular complexity index is 715. The van der Waals surface area contributed by atoms with Gasteiger partial charge in [-0.2, -0.15) is 5.10 Å². The van der Waals surface area contributed by atoms with Gasteiger partial charge >= 0.3 is 0 Å². The maximum Gasteiger partial charge on any atom is 0.185 e. The molecule has 2 aromatic rings. The molecule has 0 spiro atoms. The fourth-order valence-electron chi connectivity index (χ4n) is 1.72. The van der Waals surface area contributed by atoms with Crippen molar-refractivity contribution in [2.75, 3.05) is 0 Å². The van der Waals surface area contributed by atoms with Gasteiger partial charge < -0.3 is 0 Å². The Labute approximate surface area is 121 Å². The first-order valence-electron chi connectivity index (χ1n) is 5.98. The standard InChI is InChI=1S/C12H13ClFN3O2S/c1-2-5-17-12(15-8-16-17)7-20(18,19)9-3-4-10(13)11(14)6-9/h3-4,6,8H,2,5,7H2,1H3. The summed E-state index contributed by atoms with van der Waals surface area (Å²) in [4.78, 5) is 3.82. The van der Waals surface area contributed by atoms with Crippen molar-refractivity contribution >= 4 is 21.4 Å². The lowest BCUT2D eigenvalue weighted by Crippen LogP contribution is -2.12. The van der Waals surface area contributed by atoms with Gasteiger partial charge in [0.25, 0.3) is 0 Å². The topological polar surface area (TPSA) is 64.8 Å². The molecule has 0 aliphatic heterocycles. The van der Waals surface area contributed by atoms with Crippen molar-refractivity contribution in [3.63, 3.8) is 0 Å². The average Bonchev–Trinajstić information content (AvgIpc) is 2.80. The van der Waals surface area contributed by atoms with Gasteiger partial charge in [0, 0.05) is 6.54 Å². The van der Waals surface area contributed by atoms with Crippen LogP contribution in [0.3, 0.4) is 0 Å². The van der Waals surface area contributed by atoms with Gasteiger partial charge in [0.2, 0.25) is 0 Å². The fraction of sp³-hybridized carbons (Fsp3) is 0.333. The molecule has 0 unspecified atom stereocenters. The van der Waals surface area contributed by atoms with Crippen LogP contribution in [0.5, 0.6) is 0 Å². The highest BCUT2D eigenvalue weighted by atomic mass is 35.5. The molecular weight excluding hydrogens is 305 g/mol. The largest absolute Gasteiger partial charge is 0.249 e. The van der Waals surface area contributed by atoms with E-state index < -0.39 is 15.7 Å². The molecule has 1 aromatic carbocycles. The zero-order valence-corrected chi connectivity index (χ0v) is 12.3. The Balaban J connectivity index is 2.31. The molecule has 0 fully saturated rings. The molecule has 0 amide bonds. The number of sulfone groups is 1. The highest BCUT2D eigenvalue weighted by molar-refractivity contribution is 7.90. The second-order valence-electron chi connectivity index (χ2n) is 4.23. The zero-order chi connectivity index (χ0) is 14.8. The fourth-order valence-corrected chi connectivity index (χ4v) is 3.13. The summed E-state index contributed by atoms with van der Waals surface area (Å²) in [5.41, 5.74) is 0. The van der Waals surface area contributed by atoms with Crippen molar-refractivity contribution in [2.45, 2.75) is 30.5 Å². The average molecular weight is 318 g/mol. The lowest BCUT2D eigenvalue weighted by atomic mass is 10.3. The van der Waals surface area contributed by atoms with E-state index in [2.05, 4.69) is 10.1 Å². The van der Waals surface area contributed by atoms with Gasteiger partial charge in [-0.05, 0) is 24.6 Å². The van der Waals surface area contributed by atoms with Crippen LogP contribution in [0.25, 0.3) is 0 Å². The first kappa shape index (κ1) is 14.9. The number of aryl methyl sites for hydroxylation is 1. The molecule has 8 heteroatoms. The smallest absolute Gasteiger partial charge is 0.185 e. The van der Waals surface area contributed by atoms with Gasteiger partial charge in [-0.15, -0.1) is 0 Å². The van der Waals surface area contributed by atoms with Gasteiger partial charge in [0.15, 0.2) is 9.84 Å². The third-order valence-electron chi connectivity index (χ3n) is 2.70. The summed E-state index contributed by atoms with van der Waals surface area (Å²) in [7, 11) is -3.69. The van der Waals surface area contributed by atoms with Crippen LogP contribution in [0.2, 0.25) is 5.02 Å². The van der Waals surface area contributed by atoms with E-state index in [0.29, 0.717) is 12.4 Å². The zero-order valence-electron chi connectivity index (χ0n) is 10.8. The van der Waals surface area contributed by atoms with Crippen molar-refractivity contribution in [1.29, 1.82) is 0 Å². The molecule has 0 radical (unpaired) electrons. The van der Waals surface area contributed by atoms with Crippen LogP contribution in [0.1, 0.15) is 19.2 Å². The molecule has 0 atom stereocenters. The highest BCUT2D eigenvalue weighted by Gasteiger charge is 2.20. The normalized spacial score (nSPS) is 11.8. The van der Waals surface area contributed by atoms with Crippen LogP contribution < -0.4 is 0 Å². The Morgan fingerprint density at radius 2 is 2.15 bits per heavy atom. The van der Waals surface area contributed by atoms with Crippen molar-refractivity contribution in [2.24, 2.45) is 0 Å². The lowest BCUT2D eigenvalue weighted by molar-refractivity contribution is 0.565. The molecule has 1 heterocycles. The highest BCUT2D eigenvalue weighted by Crippen LogP contribution is 2.21. The van der Waals surface area contributed by atoms with E-state index in [0.717, 1.165) is 12.5 Å². The van der Waals surface area contributed by atoms with Crippen LogP contribution in [0.15, 0.2) is 29.4 Å². The SMILES string of the molecule is CCCn1ncnc1CS(=O)(=O)c1ccc(Cl)c(F)c1. The predicted octanol–water partition coefficient (Wildman–Crippen LogP) is 2.45. The van der Waals surface area contributed by atoms with Crippen molar-refractivity contribution in [1.82, 2.24) is 14.8 Å². The summed E-state index contributed by atoms with van der Waals surface area (Å²) in [5, 5.41) is 3.85. The molecule has 0 aliphatic rings. The molecular formula is C12H13ClFN3O2S. The van der Waals surface area contributed by atoms with Crippen LogP contribution in [0, 0.1) is 5.82 Å². The van der Waals surface area contributed by atoms with Gasteiger partial charge in [-0.1, -0.05) is 18.5 Å². The molecule has 1 aromatic heterocycles. The minimum atomic E-state index is -3.69. The number of aromatic nitrogens is 3. The second kappa shape index (κ2) is 5.88.